The van der Waals surface area contributed by atoms with Crippen LogP contribution >= 0.6 is 11.6 Å². The van der Waals surface area contributed by atoms with Gasteiger partial charge in [0.05, 0.1) is 6.26 Å². The predicted molar refractivity (Wildman–Crippen MR) is 49.0 cm³/mol. The van der Waals surface area contributed by atoms with Gasteiger partial charge in [-0.2, -0.15) is 0 Å². The van der Waals surface area contributed by atoms with E-state index in [0.717, 1.165) is 0 Å². The fraction of sp³-hybridized carbons (Fsp3) is 0. The van der Waals surface area contributed by atoms with Gasteiger partial charge in [0.25, 0.3) is 0 Å². The lowest BCUT2D eigenvalue weighted by Crippen LogP contribution is -1.92. The molecule has 2 heterocycles. The molecular weight excluding hydrogens is 190 g/mol. The van der Waals surface area contributed by atoms with E-state index in [1.807, 2.05) is 0 Å². The van der Waals surface area contributed by atoms with Gasteiger partial charge in [0.1, 0.15) is 17.3 Å². The van der Waals surface area contributed by atoms with Crippen LogP contribution in [0.25, 0.3) is 0 Å². The number of hydrogen-bond donors (Lipinski definition) is 1. The Balaban J connectivity index is 2.19. The molecule has 2 rings (SSSR count). The minimum absolute atomic E-state index is 0.393. The Morgan fingerprint density at radius 2 is 2.31 bits per heavy atom. The molecule has 0 saturated carbocycles. The Kier molecular flexibility index (Phi) is 2.14. The van der Waals surface area contributed by atoms with E-state index in [9.17, 15) is 0 Å². The standard InChI is InChI=1S/C8H6ClN3O/c9-6-4-7(11-5-10-6)12-8-2-1-3-13-8/h1-5H,(H,10,11,12). The van der Waals surface area contributed by atoms with Gasteiger partial charge >= 0.3 is 0 Å². The number of rotatable bonds is 2. The van der Waals surface area contributed by atoms with Gasteiger partial charge in [-0.15, -0.1) is 0 Å². The maximum atomic E-state index is 5.66. The van der Waals surface area contributed by atoms with Gasteiger partial charge in [-0.3, -0.25) is 0 Å². The van der Waals surface area contributed by atoms with E-state index in [-0.39, 0.29) is 0 Å². The van der Waals surface area contributed by atoms with Crippen LogP contribution in [0.4, 0.5) is 11.7 Å². The first-order valence-corrected chi connectivity index (χ1v) is 4.00. The van der Waals surface area contributed by atoms with Crippen molar-refractivity contribution >= 4 is 23.3 Å². The zero-order valence-electron chi connectivity index (χ0n) is 6.57. The van der Waals surface area contributed by atoms with Crippen molar-refractivity contribution in [3.05, 3.63) is 35.9 Å². The van der Waals surface area contributed by atoms with Crippen molar-refractivity contribution in [1.82, 2.24) is 9.97 Å². The largest absolute Gasteiger partial charge is 0.449 e. The fourth-order valence-electron chi connectivity index (χ4n) is 0.878. The second-order valence-electron chi connectivity index (χ2n) is 2.33. The Morgan fingerprint density at radius 1 is 1.38 bits per heavy atom. The minimum Gasteiger partial charge on any atom is -0.449 e. The van der Waals surface area contributed by atoms with Crippen LogP contribution in [0.3, 0.4) is 0 Å². The van der Waals surface area contributed by atoms with Crippen molar-refractivity contribution in [2.24, 2.45) is 0 Å². The molecule has 0 amide bonds. The molecule has 1 N–H and O–H groups in total. The number of aromatic nitrogens is 2. The maximum Gasteiger partial charge on any atom is 0.198 e. The molecule has 2 aromatic rings. The summed E-state index contributed by atoms with van der Waals surface area (Å²) < 4.78 is 5.06. The third kappa shape index (κ3) is 1.97. The molecule has 13 heavy (non-hydrogen) atoms. The lowest BCUT2D eigenvalue weighted by molar-refractivity contribution is 0.585. The molecule has 0 atom stereocenters. The van der Waals surface area contributed by atoms with Crippen molar-refractivity contribution in [2.45, 2.75) is 0 Å². The van der Waals surface area contributed by atoms with E-state index in [2.05, 4.69) is 15.3 Å². The van der Waals surface area contributed by atoms with Crippen molar-refractivity contribution in [3.63, 3.8) is 0 Å². The second-order valence-corrected chi connectivity index (χ2v) is 2.72. The second kappa shape index (κ2) is 3.45. The van der Waals surface area contributed by atoms with Crippen molar-refractivity contribution in [3.8, 4) is 0 Å². The summed E-state index contributed by atoms with van der Waals surface area (Å²) in [6.07, 6.45) is 2.96. The fourth-order valence-corrected chi connectivity index (χ4v) is 1.02. The van der Waals surface area contributed by atoms with E-state index in [4.69, 9.17) is 16.0 Å². The first kappa shape index (κ1) is 8.07. The van der Waals surface area contributed by atoms with Gasteiger partial charge in [-0.1, -0.05) is 11.6 Å². The first-order valence-electron chi connectivity index (χ1n) is 3.63. The van der Waals surface area contributed by atoms with Gasteiger partial charge in [0.15, 0.2) is 5.88 Å². The number of furan rings is 1. The van der Waals surface area contributed by atoms with E-state index < -0.39 is 0 Å². The Labute approximate surface area is 79.6 Å². The lowest BCUT2D eigenvalue weighted by Gasteiger charge is -1.99. The highest BCUT2D eigenvalue weighted by Gasteiger charge is 1.98. The van der Waals surface area contributed by atoms with Crippen LogP contribution in [0.5, 0.6) is 0 Å². The van der Waals surface area contributed by atoms with Gasteiger partial charge in [0.2, 0.25) is 0 Å². The number of nitrogens with zero attached hydrogens (tertiary/aromatic N) is 2. The van der Waals surface area contributed by atoms with Crippen LogP contribution in [-0.2, 0) is 0 Å². The Hall–Kier alpha value is -1.55. The van der Waals surface area contributed by atoms with E-state index >= 15 is 0 Å². The van der Waals surface area contributed by atoms with Crippen molar-refractivity contribution in [1.29, 1.82) is 0 Å². The minimum atomic E-state index is 0.393. The molecule has 0 fully saturated rings. The van der Waals surface area contributed by atoms with Gasteiger partial charge < -0.3 is 9.73 Å². The maximum absolute atomic E-state index is 5.66. The number of nitrogens with one attached hydrogen (secondary N) is 1. The summed E-state index contributed by atoms with van der Waals surface area (Å²) >= 11 is 5.66. The Bertz CT molecular complexity index is 388. The van der Waals surface area contributed by atoms with Gasteiger partial charge in [-0.05, 0) is 6.07 Å². The first-order chi connectivity index (χ1) is 6.34. The van der Waals surface area contributed by atoms with Crippen LogP contribution in [0.15, 0.2) is 35.2 Å². The molecule has 0 spiro atoms. The van der Waals surface area contributed by atoms with E-state index in [1.165, 1.54) is 6.33 Å². The number of halogens is 1. The molecule has 5 heteroatoms. The van der Waals surface area contributed by atoms with Crippen LogP contribution in [-0.4, -0.2) is 9.97 Å². The summed E-state index contributed by atoms with van der Waals surface area (Å²) in [4.78, 5) is 7.70. The van der Waals surface area contributed by atoms with Gasteiger partial charge in [-0.25, -0.2) is 9.97 Å². The quantitative estimate of drug-likeness (QED) is 0.748. The monoisotopic (exact) mass is 195 g/mol. The molecule has 0 aliphatic carbocycles. The molecule has 2 aromatic heterocycles. The third-order valence-electron chi connectivity index (χ3n) is 1.41. The smallest absolute Gasteiger partial charge is 0.198 e. The lowest BCUT2D eigenvalue weighted by atomic mass is 10.5. The van der Waals surface area contributed by atoms with Crippen molar-refractivity contribution < 1.29 is 4.42 Å². The highest BCUT2D eigenvalue weighted by atomic mass is 35.5. The molecule has 0 unspecified atom stereocenters. The zero-order valence-corrected chi connectivity index (χ0v) is 7.32. The summed E-state index contributed by atoms with van der Waals surface area (Å²) in [6.45, 7) is 0. The highest BCUT2D eigenvalue weighted by Crippen LogP contribution is 2.15. The molecule has 0 aliphatic rings. The predicted octanol–water partition coefficient (Wildman–Crippen LogP) is 2.47. The summed E-state index contributed by atoms with van der Waals surface area (Å²) in [7, 11) is 0. The van der Waals surface area contributed by atoms with E-state index in [1.54, 1.807) is 24.5 Å². The third-order valence-corrected chi connectivity index (χ3v) is 1.61. The number of anilines is 2. The molecule has 0 aliphatic heterocycles. The number of hydrogen-bond acceptors (Lipinski definition) is 4. The van der Waals surface area contributed by atoms with Crippen LogP contribution < -0.4 is 5.32 Å². The Morgan fingerprint density at radius 3 is 3.00 bits per heavy atom. The molecule has 0 radical (unpaired) electrons. The van der Waals surface area contributed by atoms with Crippen molar-refractivity contribution in [2.75, 3.05) is 5.32 Å². The molecular formula is C8H6ClN3O. The van der Waals surface area contributed by atoms with Crippen LogP contribution in [0.2, 0.25) is 5.15 Å². The summed E-state index contributed by atoms with van der Waals surface area (Å²) in [5.41, 5.74) is 0. The molecule has 0 bridgehead atoms. The zero-order chi connectivity index (χ0) is 9.10. The normalized spacial score (nSPS) is 9.92. The SMILES string of the molecule is Clc1cc(Nc2ccco2)ncn1. The summed E-state index contributed by atoms with van der Waals surface area (Å²) in [5.74, 6) is 1.23. The van der Waals surface area contributed by atoms with Gasteiger partial charge in [0, 0.05) is 12.1 Å². The summed E-state index contributed by atoms with van der Waals surface area (Å²) in [6, 6.07) is 5.19. The summed E-state index contributed by atoms with van der Waals surface area (Å²) in [5, 5.41) is 3.32. The molecule has 66 valence electrons. The van der Waals surface area contributed by atoms with E-state index in [0.29, 0.717) is 16.9 Å². The van der Waals surface area contributed by atoms with Crippen LogP contribution in [0, 0.1) is 0 Å². The average molecular weight is 196 g/mol. The molecule has 0 aromatic carbocycles. The average Bonchev–Trinajstić information content (AvgIpc) is 2.57. The molecule has 0 saturated heterocycles. The topological polar surface area (TPSA) is 51.0 Å². The van der Waals surface area contributed by atoms with Crippen LogP contribution in [0.1, 0.15) is 0 Å². The molecule has 4 nitrogen and oxygen atoms in total. The highest BCUT2D eigenvalue weighted by molar-refractivity contribution is 6.29.